The normalized spacial score (nSPS) is 16.9. The fourth-order valence-corrected chi connectivity index (χ4v) is 3.21. The summed E-state index contributed by atoms with van der Waals surface area (Å²) in [5.41, 5.74) is 4.34. The number of hydrogen-bond donors (Lipinski definition) is 1. The second-order valence-corrected chi connectivity index (χ2v) is 6.24. The Bertz CT molecular complexity index is 406. The average molecular weight is 260 g/mol. The molecular formula is C17H28N2. The Labute approximate surface area is 118 Å². The van der Waals surface area contributed by atoms with Crippen LogP contribution in [0, 0.1) is 12.8 Å². The van der Waals surface area contributed by atoms with Crippen molar-refractivity contribution in [2.45, 2.75) is 39.5 Å². The van der Waals surface area contributed by atoms with Crippen molar-refractivity contribution in [1.82, 2.24) is 5.32 Å². The molecule has 0 saturated carbocycles. The fourth-order valence-electron chi connectivity index (χ4n) is 3.21. The second kappa shape index (κ2) is 6.42. The molecule has 2 rings (SSSR count). The molecule has 1 aliphatic heterocycles. The van der Waals surface area contributed by atoms with Gasteiger partial charge in [0.05, 0.1) is 0 Å². The van der Waals surface area contributed by atoms with Crippen molar-refractivity contribution < 1.29 is 0 Å². The Morgan fingerprint density at radius 2 is 1.95 bits per heavy atom. The molecule has 0 radical (unpaired) electrons. The maximum absolute atomic E-state index is 3.45. The minimum atomic E-state index is 0.588. The van der Waals surface area contributed by atoms with E-state index in [9.17, 15) is 0 Å². The first-order valence-electron chi connectivity index (χ1n) is 7.61. The first kappa shape index (κ1) is 14.4. The molecule has 1 N–H and O–H groups in total. The number of hydrogen-bond acceptors (Lipinski definition) is 2. The molecular weight excluding hydrogens is 232 g/mol. The Hall–Kier alpha value is -1.02. The highest BCUT2D eigenvalue weighted by molar-refractivity contribution is 5.60. The van der Waals surface area contributed by atoms with Gasteiger partial charge in [-0.05, 0) is 55.8 Å². The van der Waals surface area contributed by atoms with E-state index >= 15 is 0 Å². The lowest BCUT2D eigenvalue weighted by Crippen LogP contribution is -2.35. The smallest absolute Gasteiger partial charge is 0.0428 e. The zero-order chi connectivity index (χ0) is 13.8. The summed E-state index contributed by atoms with van der Waals surface area (Å²) in [6.45, 7) is 10.4. The number of rotatable bonds is 4. The van der Waals surface area contributed by atoms with E-state index in [4.69, 9.17) is 0 Å². The van der Waals surface area contributed by atoms with Crippen LogP contribution in [-0.4, -0.2) is 26.7 Å². The van der Waals surface area contributed by atoms with Crippen molar-refractivity contribution in [2.75, 3.05) is 31.6 Å². The first-order chi connectivity index (χ1) is 9.09. The Morgan fingerprint density at radius 3 is 2.58 bits per heavy atom. The largest absolute Gasteiger partial charge is 0.374 e. The summed E-state index contributed by atoms with van der Waals surface area (Å²) in [6, 6.07) is 6.71. The summed E-state index contributed by atoms with van der Waals surface area (Å²) in [4.78, 5) is 2.49. The third-order valence-corrected chi connectivity index (χ3v) is 4.26. The van der Waals surface area contributed by atoms with Gasteiger partial charge in [0.1, 0.15) is 0 Å². The van der Waals surface area contributed by atoms with Crippen molar-refractivity contribution in [2.24, 2.45) is 5.92 Å². The van der Waals surface area contributed by atoms with Gasteiger partial charge >= 0.3 is 0 Å². The van der Waals surface area contributed by atoms with E-state index in [0.29, 0.717) is 5.92 Å². The quantitative estimate of drug-likeness (QED) is 0.890. The molecule has 0 bridgehead atoms. The van der Waals surface area contributed by atoms with Crippen molar-refractivity contribution in [3.63, 3.8) is 0 Å². The van der Waals surface area contributed by atoms with Crippen LogP contribution >= 0.6 is 0 Å². The van der Waals surface area contributed by atoms with E-state index in [0.717, 1.165) is 5.92 Å². The van der Waals surface area contributed by atoms with Gasteiger partial charge in [-0.15, -0.1) is 0 Å². The number of aryl methyl sites for hydroxylation is 1. The highest BCUT2D eigenvalue weighted by Gasteiger charge is 2.18. The number of nitrogens with one attached hydrogen (secondary N) is 1. The molecule has 2 nitrogen and oxygen atoms in total. The third kappa shape index (κ3) is 3.50. The molecule has 1 heterocycles. The topological polar surface area (TPSA) is 15.3 Å². The van der Waals surface area contributed by atoms with E-state index in [-0.39, 0.29) is 0 Å². The SMILES string of the molecule is Cc1cccc(C(C)C)c1N(C)CC1CCNCC1. The molecule has 0 aliphatic carbocycles. The molecule has 1 aromatic carbocycles. The van der Waals surface area contributed by atoms with E-state index in [1.807, 2.05) is 0 Å². The van der Waals surface area contributed by atoms with Crippen LogP contribution in [0.1, 0.15) is 43.7 Å². The monoisotopic (exact) mass is 260 g/mol. The minimum Gasteiger partial charge on any atom is -0.374 e. The van der Waals surface area contributed by atoms with E-state index in [2.05, 4.69) is 56.2 Å². The molecule has 0 unspecified atom stereocenters. The van der Waals surface area contributed by atoms with Crippen LogP contribution in [0.25, 0.3) is 0 Å². The summed E-state index contributed by atoms with van der Waals surface area (Å²) in [5.74, 6) is 1.43. The molecule has 2 heteroatoms. The summed E-state index contributed by atoms with van der Waals surface area (Å²) in [5, 5.41) is 3.45. The average Bonchev–Trinajstić information content (AvgIpc) is 2.39. The molecule has 0 spiro atoms. The van der Waals surface area contributed by atoms with Gasteiger partial charge in [0.2, 0.25) is 0 Å². The predicted octanol–water partition coefficient (Wildman–Crippen LogP) is 3.55. The molecule has 19 heavy (non-hydrogen) atoms. The number of nitrogens with zero attached hydrogens (tertiary/aromatic N) is 1. The van der Waals surface area contributed by atoms with Crippen LogP contribution in [0.15, 0.2) is 18.2 Å². The number of piperidine rings is 1. The van der Waals surface area contributed by atoms with Crippen molar-refractivity contribution in [3.8, 4) is 0 Å². The highest BCUT2D eigenvalue weighted by atomic mass is 15.1. The van der Waals surface area contributed by atoms with Crippen molar-refractivity contribution in [3.05, 3.63) is 29.3 Å². The number of anilines is 1. The number of para-hydroxylation sites is 1. The van der Waals surface area contributed by atoms with Crippen molar-refractivity contribution in [1.29, 1.82) is 0 Å². The van der Waals surface area contributed by atoms with Gasteiger partial charge in [0.25, 0.3) is 0 Å². The Balaban J connectivity index is 2.15. The summed E-state index contributed by atoms with van der Waals surface area (Å²) in [7, 11) is 2.26. The lowest BCUT2D eigenvalue weighted by molar-refractivity contribution is 0.377. The minimum absolute atomic E-state index is 0.588. The van der Waals surface area contributed by atoms with Crippen LogP contribution in [0.4, 0.5) is 5.69 Å². The zero-order valence-corrected chi connectivity index (χ0v) is 12.9. The second-order valence-electron chi connectivity index (χ2n) is 6.24. The van der Waals surface area contributed by atoms with Crippen LogP contribution in [-0.2, 0) is 0 Å². The summed E-state index contributed by atoms with van der Waals surface area (Å²) < 4.78 is 0. The summed E-state index contributed by atoms with van der Waals surface area (Å²) >= 11 is 0. The molecule has 1 aliphatic rings. The number of benzene rings is 1. The Morgan fingerprint density at radius 1 is 1.26 bits per heavy atom. The highest BCUT2D eigenvalue weighted by Crippen LogP contribution is 2.31. The van der Waals surface area contributed by atoms with E-state index in [1.54, 1.807) is 0 Å². The maximum atomic E-state index is 3.45. The van der Waals surface area contributed by atoms with Crippen LogP contribution < -0.4 is 10.2 Å². The molecule has 1 fully saturated rings. The van der Waals surface area contributed by atoms with Gasteiger partial charge in [-0.1, -0.05) is 32.0 Å². The maximum Gasteiger partial charge on any atom is 0.0428 e. The third-order valence-electron chi connectivity index (χ3n) is 4.26. The predicted molar refractivity (Wildman–Crippen MR) is 84.1 cm³/mol. The van der Waals surface area contributed by atoms with Crippen LogP contribution in [0.2, 0.25) is 0 Å². The van der Waals surface area contributed by atoms with E-state index < -0.39 is 0 Å². The van der Waals surface area contributed by atoms with Gasteiger partial charge in [-0.25, -0.2) is 0 Å². The van der Waals surface area contributed by atoms with Gasteiger partial charge in [-0.3, -0.25) is 0 Å². The fraction of sp³-hybridized carbons (Fsp3) is 0.647. The van der Waals surface area contributed by atoms with Gasteiger partial charge in [-0.2, -0.15) is 0 Å². The standard InChI is InChI=1S/C17H28N2/c1-13(2)16-7-5-6-14(3)17(16)19(4)12-15-8-10-18-11-9-15/h5-7,13,15,18H,8-12H2,1-4H3. The van der Waals surface area contributed by atoms with Gasteiger partial charge in [0, 0.05) is 19.3 Å². The van der Waals surface area contributed by atoms with Gasteiger partial charge in [0.15, 0.2) is 0 Å². The summed E-state index contributed by atoms with van der Waals surface area (Å²) in [6.07, 6.45) is 2.63. The molecule has 1 aromatic rings. The zero-order valence-electron chi connectivity index (χ0n) is 12.9. The molecule has 0 atom stereocenters. The van der Waals surface area contributed by atoms with Crippen LogP contribution in [0.5, 0.6) is 0 Å². The molecule has 106 valence electrons. The Kier molecular flexibility index (Phi) is 4.87. The van der Waals surface area contributed by atoms with E-state index in [1.165, 1.54) is 49.3 Å². The molecule has 0 aromatic heterocycles. The lowest BCUT2D eigenvalue weighted by Gasteiger charge is -2.31. The van der Waals surface area contributed by atoms with Gasteiger partial charge < -0.3 is 10.2 Å². The first-order valence-corrected chi connectivity index (χ1v) is 7.61. The lowest BCUT2D eigenvalue weighted by atomic mass is 9.94. The molecule has 1 saturated heterocycles. The van der Waals surface area contributed by atoms with Crippen molar-refractivity contribution >= 4 is 5.69 Å². The molecule has 0 amide bonds. The van der Waals surface area contributed by atoms with Crippen LogP contribution in [0.3, 0.4) is 0 Å².